The Morgan fingerprint density at radius 2 is 2.15 bits per heavy atom. The predicted octanol–water partition coefficient (Wildman–Crippen LogP) is 3.12. The van der Waals surface area contributed by atoms with Gasteiger partial charge in [0.2, 0.25) is 0 Å². The molecule has 1 aliphatic carbocycles. The molecule has 1 fully saturated rings. The second kappa shape index (κ2) is 5.66. The molecule has 1 aliphatic heterocycles. The highest BCUT2D eigenvalue weighted by molar-refractivity contribution is 8.00. The van der Waals surface area contributed by atoms with Crippen molar-refractivity contribution in [1.82, 2.24) is 5.32 Å². The summed E-state index contributed by atoms with van der Waals surface area (Å²) in [6.07, 6.45) is 5.80. The number of fused-ring (bicyclic) bond motifs is 1. The van der Waals surface area contributed by atoms with E-state index in [1.165, 1.54) is 30.4 Å². The Morgan fingerprint density at radius 1 is 1.35 bits per heavy atom. The fourth-order valence-corrected chi connectivity index (χ4v) is 3.60. The quantitative estimate of drug-likeness (QED) is 0.896. The number of benzene rings is 1. The smallest absolute Gasteiger partial charge is 0.319 e. The minimum atomic E-state index is -0.121. The maximum atomic E-state index is 12.0. The number of rotatable bonds is 4. The molecular weight excluding hydrogens is 272 g/mol. The van der Waals surface area contributed by atoms with Gasteiger partial charge in [-0.2, -0.15) is 11.8 Å². The van der Waals surface area contributed by atoms with Crippen molar-refractivity contribution >= 4 is 23.5 Å². The third-order valence-corrected chi connectivity index (χ3v) is 5.67. The lowest BCUT2D eigenvalue weighted by atomic mass is 9.84. The molecule has 0 saturated heterocycles. The Bertz CT molecular complexity index is 509. The van der Waals surface area contributed by atoms with Crippen LogP contribution in [0.25, 0.3) is 0 Å². The van der Waals surface area contributed by atoms with Crippen molar-refractivity contribution < 1.29 is 9.53 Å². The van der Waals surface area contributed by atoms with Crippen LogP contribution in [0.2, 0.25) is 0 Å². The number of urea groups is 1. The van der Waals surface area contributed by atoms with Gasteiger partial charge < -0.3 is 15.4 Å². The van der Waals surface area contributed by atoms with E-state index in [0.717, 1.165) is 12.2 Å². The van der Waals surface area contributed by atoms with E-state index in [1.54, 1.807) is 0 Å². The lowest BCUT2D eigenvalue weighted by Gasteiger charge is -2.40. The van der Waals surface area contributed by atoms with Gasteiger partial charge in [0.1, 0.15) is 0 Å². The van der Waals surface area contributed by atoms with Crippen LogP contribution in [0.5, 0.6) is 0 Å². The van der Waals surface area contributed by atoms with Crippen molar-refractivity contribution in [2.45, 2.75) is 37.2 Å². The van der Waals surface area contributed by atoms with E-state index >= 15 is 0 Å². The topological polar surface area (TPSA) is 50.4 Å². The number of thioether (sulfide) groups is 1. The van der Waals surface area contributed by atoms with Crippen LogP contribution in [0.1, 0.15) is 30.4 Å². The number of anilines is 1. The summed E-state index contributed by atoms with van der Waals surface area (Å²) in [5.74, 6) is 0. The van der Waals surface area contributed by atoms with E-state index in [-0.39, 0.29) is 10.8 Å². The number of ether oxygens (including phenoxy) is 1. The Kier molecular flexibility index (Phi) is 3.89. The molecule has 1 aromatic rings. The highest BCUT2D eigenvalue weighted by atomic mass is 32.2. The Labute approximate surface area is 123 Å². The van der Waals surface area contributed by atoms with Gasteiger partial charge in [0, 0.05) is 17.0 Å². The fourth-order valence-electron chi connectivity index (χ4n) is 2.69. The first kappa shape index (κ1) is 13.8. The molecule has 4 nitrogen and oxygen atoms in total. The molecule has 0 spiro atoms. The summed E-state index contributed by atoms with van der Waals surface area (Å²) < 4.78 is 5.64. The minimum absolute atomic E-state index is 0.121. The summed E-state index contributed by atoms with van der Waals surface area (Å²) in [6, 6.07) is 5.83. The molecule has 2 N–H and O–H groups in total. The van der Waals surface area contributed by atoms with Crippen molar-refractivity contribution in [2.24, 2.45) is 0 Å². The predicted molar refractivity (Wildman–Crippen MR) is 82.1 cm³/mol. The van der Waals surface area contributed by atoms with Crippen molar-refractivity contribution in [3.05, 3.63) is 29.3 Å². The summed E-state index contributed by atoms with van der Waals surface area (Å²) >= 11 is 1.86. The molecule has 0 aromatic heterocycles. The van der Waals surface area contributed by atoms with Gasteiger partial charge in [-0.25, -0.2) is 4.79 Å². The molecular formula is C15H20N2O2S. The zero-order chi connectivity index (χ0) is 14.0. The molecule has 3 rings (SSSR count). The standard InChI is InChI=1S/C15H20N2O2S/c1-20-15(5-2-6-15)10-16-14(18)17-13-4-3-11-8-19-9-12(11)7-13/h3-4,7H,2,5-6,8-10H2,1H3,(H2,16,17,18). The number of hydrogen-bond acceptors (Lipinski definition) is 3. The van der Waals surface area contributed by atoms with Gasteiger partial charge in [-0.15, -0.1) is 0 Å². The zero-order valence-corrected chi connectivity index (χ0v) is 12.5. The van der Waals surface area contributed by atoms with E-state index in [9.17, 15) is 4.79 Å². The number of nitrogens with one attached hydrogen (secondary N) is 2. The summed E-state index contributed by atoms with van der Waals surface area (Å²) in [5.41, 5.74) is 3.22. The molecule has 2 amide bonds. The van der Waals surface area contributed by atoms with Crippen LogP contribution in [0.15, 0.2) is 18.2 Å². The molecule has 1 heterocycles. The van der Waals surface area contributed by atoms with E-state index in [1.807, 2.05) is 30.0 Å². The number of amides is 2. The second-order valence-corrected chi connectivity index (χ2v) is 6.80. The van der Waals surface area contributed by atoms with E-state index in [2.05, 4.69) is 16.9 Å². The van der Waals surface area contributed by atoms with Crippen molar-refractivity contribution in [3.8, 4) is 0 Å². The van der Waals surface area contributed by atoms with E-state index in [0.29, 0.717) is 13.2 Å². The minimum Gasteiger partial charge on any atom is -0.372 e. The van der Waals surface area contributed by atoms with Crippen molar-refractivity contribution in [3.63, 3.8) is 0 Å². The second-order valence-electron chi connectivity index (χ2n) is 5.52. The normalized spacial score (nSPS) is 19.1. The molecule has 1 saturated carbocycles. The van der Waals surface area contributed by atoms with Gasteiger partial charge >= 0.3 is 6.03 Å². The lowest BCUT2D eigenvalue weighted by Crippen LogP contribution is -2.46. The first-order valence-corrected chi connectivity index (χ1v) is 8.23. The Balaban J connectivity index is 1.54. The molecule has 0 radical (unpaired) electrons. The summed E-state index contributed by atoms with van der Waals surface area (Å²) in [5, 5.41) is 5.89. The van der Waals surface area contributed by atoms with Crippen LogP contribution >= 0.6 is 11.8 Å². The molecule has 1 aromatic carbocycles. The first-order valence-electron chi connectivity index (χ1n) is 7.00. The van der Waals surface area contributed by atoms with Gasteiger partial charge in [-0.1, -0.05) is 12.5 Å². The number of carbonyl (C=O) groups excluding carboxylic acids is 1. The third-order valence-electron chi connectivity index (χ3n) is 4.25. The summed E-state index contributed by atoms with van der Waals surface area (Å²) in [4.78, 5) is 12.0. The Hall–Kier alpha value is -1.20. The SMILES string of the molecule is CSC1(CNC(=O)Nc2ccc3c(c2)COC3)CCC1. The van der Waals surface area contributed by atoms with Crippen LogP contribution in [0.3, 0.4) is 0 Å². The largest absolute Gasteiger partial charge is 0.372 e. The molecule has 20 heavy (non-hydrogen) atoms. The monoisotopic (exact) mass is 292 g/mol. The molecule has 0 bridgehead atoms. The highest BCUT2D eigenvalue weighted by Crippen LogP contribution is 2.42. The Morgan fingerprint density at radius 3 is 2.85 bits per heavy atom. The van der Waals surface area contributed by atoms with Crippen LogP contribution in [-0.2, 0) is 18.0 Å². The zero-order valence-electron chi connectivity index (χ0n) is 11.7. The van der Waals surface area contributed by atoms with Gasteiger partial charge in [-0.3, -0.25) is 0 Å². The van der Waals surface area contributed by atoms with E-state index in [4.69, 9.17) is 4.74 Å². The van der Waals surface area contributed by atoms with Crippen molar-refractivity contribution in [1.29, 1.82) is 0 Å². The van der Waals surface area contributed by atoms with Gasteiger partial charge in [0.25, 0.3) is 0 Å². The fraction of sp³-hybridized carbons (Fsp3) is 0.533. The maximum Gasteiger partial charge on any atom is 0.319 e. The third kappa shape index (κ3) is 2.79. The maximum absolute atomic E-state index is 12.0. The van der Waals surface area contributed by atoms with Gasteiger partial charge in [0.15, 0.2) is 0 Å². The van der Waals surface area contributed by atoms with Gasteiger partial charge in [0.05, 0.1) is 13.2 Å². The van der Waals surface area contributed by atoms with Crippen LogP contribution in [0, 0.1) is 0 Å². The van der Waals surface area contributed by atoms with Crippen LogP contribution in [-0.4, -0.2) is 23.6 Å². The van der Waals surface area contributed by atoms with Crippen LogP contribution in [0.4, 0.5) is 10.5 Å². The van der Waals surface area contributed by atoms with Gasteiger partial charge in [-0.05, 0) is 42.4 Å². The number of carbonyl (C=O) groups is 1. The lowest BCUT2D eigenvalue weighted by molar-refractivity contribution is 0.134. The average Bonchev–Trinajstić information content (AvgIpc) is 2.85. The molecule has 108 valence electrons. The van der Waals surface area contributed by atoms with Crippen LogP contribution < -0.4 is 10.6 Å². The summed E-state index contributed by atoms with van der Waals surface area (Å²) in [7, 11) is 0. The first-order chi connectivity index (χ1) is 9.71. The average molecular weight is 292 g/mol. The molecule has 0 atom stereocenters. The summed E-state index contributed by atoms with van der Waals surface area (Å²) in [6.45, 7) is 2.06. The molecule has 0 unspecified atom stereocenters. The van der Waals surface area contributed by atoms with Crippen molar-refractivity contribution in [2.75, 3.05) is 18.1 Å². The van der Waals surface area contributed by atoms with E-state index < -0.39 is 0 Å². The highest BCUT2D eigenvalue weighted by Gasteiger charge is 2.36. The number of hydrogen-bond donors (Lipinski definition) is 2. The molecule has 5 heteroatoms. The molecule has 2 aliphatic rings.